The molecule has 0 fully saturated rings. The summed E-state index contributed by atoms with van der Waals surface area (Å²) in [6.45, 7) is 7.21. The van der Waals surface area contributed by atoms with Gasteiger partial charge in [0.1, 0.15) is 0 Å². The second kappa shape index (κ2) is 7.48. The van der Waals surface area contributed by atoms with Gasteiger partial charge in [-0.15, -0.1) is 11.3 Å². The minimum atomic E-state index is 0.329. The Hall–Kier alpha value is -2.73. The van der Waals surface area contributed by atoms with Crippen molar-refractivity contribution in [3.63, 3.8) is 0 Å². The van der Waals surface area contributed by atoms with E-state index < -0.39 is 0 Å². The fourth-order valence-electron chi connectivity index (χ4n) is 3.19. The van der Waals surface area contributed by atoms with Crippen LogP contribution in [0, 0.1) is 6.92 Å². The largest absolute Gasteiger partial charge is 0.330 e. The van der Waals surface area contributed by atoms with Crippen LogP contribution in [0.25, 0.3) is 22.5 Å². The first-order chi connectivity index (χ1) is 13.1. The maximum atomic E-state index is 4.75. The van der Waals surface area contributed by atoms with Gasteiger partial charge in [0.2, 0.25) is 0 Å². The molecule has 0 saturated carbocycles. The quantitative estimate of drug-likeness (QED) is 0.475. The van der Waals surface area contributed by atoms with Crippen molar-refractivity contribution in [2.75, 3.05) is 0 Å². The average molecular weight is 378 g/mol. The summed E-state index contributed by atoms with van der Waals surface area (Å²) in [7, 11) is 0. The highest BCUT2D eigenvalue weighted by molar-refractivity contribution is 7.09. The van der Waals surface area contributed by atoms with Gasteiger partial charge in [0, 0.05) is 41.2 Å². The van der Waals surface area contributed by atoms with Crippen LogP contribution in [-0.2, 0) is 13.0 Å². The summed E-state index contributed by atoms with van der Waals surface area (Å²) in [5.74, 6) is 0. The third-order valence-electron chi connectivity index (χ3n) is 4.71. The first kappa shape index (κ1) is 17.7. The maximum Gasteiger partial charge on any atom is 0.0964 e. The molecule has 0 spiro atoms. The average Bonchev–Trinajstić information content (AvgIpc) is 3.40. The Morgan fingerprint density at radius 2 is 1.89 bits per heavy atom. The lowest BCUT2D eigenvalue weighted by Gasteiger charge is -2.09. The molecule has 0 aliphatic heterocycles. The number of aryl methyl sites for hydroxylation is 3. The van der Waals surface area contributed by atoms with Gasteiger partial charge in [-0.05, 0) is 20.8 Å². The molecular formula is C21H23N5S. The molecule has 0 aliphatic rings. The van der Waals surface area contributed by atoms with Crippen LogP contribution in [-0.4, -0.2) is 24.3 Å². The van der Waals surface area contributed by atoms with Gasteiger partial charge in [-0.25, -0.2) is 9.97 Å². The Balaban J connectivity index is 1.74. The van der Waals surface area contributed by atoms with Crippen LogP contribution in [0.2, 0.25) is 0 Å². The number of imidazole rings is 1. The molecule has 0 N–H and O–H groups in total. The van der Waals surface area contributed by atoms with Gasteiger partial charge in [0.05, 0.1) is 35.1 Å². The van der Waals surface area contributed by atoms with E-state index in [2.05, 4.69) is 65.9 Å². The third-order valence-corrected chi connectivity index (χ3v) is 5.71. The van der Waals surface area contributed by atoms with E-state index in [4.69, 9.17) is 4.98 Å². The zero-order valence-corrected chi connectivity index (χ0v) is 16.6. The van der Waals surface area contributed by atoms with E-state index in [1.54, 1.807) is 11.3 Å². The Kier molecular flexibility index (Phi) is 4.90. The Labute approximate surface area is 163 Å². The Morgan fingerprint density at radius 1 is 1.07 bits per heavy atom. The van der Waals surface area contributed by atoms with Crippen LogP contribution in [0.5, 0.6) is 0 Å². The normalized spacial score (nSPS) is 11.4. The van der Waals surface area contributed by atoms with E-state index in [1.165, 1.54) is 4.88 Å². The van der Waals surface area contributed by atoms with Crippen molar-refractivity contribution in [2.24, 2.45) is 0 Å². The number of benzene rings is 1. The molecule has 0 bridgehead atoms. The molecule has 138 valence electrons. The van der Waals surface area contributed by atoms with Crippen LogP contribution in [0.4, 0.5) is 0 Å². The molecule has 0 aliphatic carbocycles. The number of hydrogen-bond acceptors (Lipinski definition) is 4. The second-order valence-electron chi connectivity index (χ2n) is 6.91. The predicted octanol–water partition coefficient (Wildman–Crippen LogP) is 5.00. The standard InChI is InChI=1S/C21H23N5S/c1-15(2)26-12-18(11-24-26)21-20(17-7-5-4-6-8-17)22-13-25(21)10-9-19-16(3)23-14-27-19/h4-8,11-15H,9-10H2,1-3H3. The summed E-state index contributed by atoms with van der Waals surface area (Å²) in [5, 5.41) is 4.54. The van der Waals surface area contributed by atoms with Gasteiger partial charge in [0.15, 0.2) is 0 Å². The van der Waals surface area contributed by atoms with Crippen molar-refractivity contribution in [3.8, 4) is 22.5 Å². The highest BCUT2D eigenvalue weighted by atomic mass is 32.1. The molecule has 0 saturated heterocycles. The zero-order chi connectivity index (χ0) is 18.8. The van der Waals surface area contributed by atoms with Crippen LogP contribution in [0.15, 0.2) is 54.6 Å². The molecule has 5 nitrogen and oxygen atoms in total. The zero-order valence-electron chi connectivity index (χ0n) is 15.8. The SMILES string of the molecule is Cc1ncsc1CCn1cnc(-c2ccccc2)c1-c1cnn(C(C)C)c1. The Morgan fingerprint density at radius 3 is 2.56 bits per heavy atom. The smallest absolute Gasteiger partial charge is 0.0964 e. The number of nitrogens with zero attached hydrogens (tertiary/aromatic N) is 5. The van der Waals surface area contributed by atoms with E-state index in [0.717, 1.165) is 41.2 Å². The molecule has 0 unspecified atom stereocenters. The minimum absolute atomic E-state index is 0.329. The summed E-state index contributed by atoms with van der Waals surface area (Å²) < 4.78 is 4.23. The molecule has 0 radical (unpaired) electrons. The highest BCUT2D eigenvalue weighted by Crippen LogP contribution is 2.31. The van der Waals surface area contributed by atoms with Gasteiger partial charge < -0.3 is 4.57 Å². The fraction of sp³-hybridized carbons (Fsp3) is 0.286. The maximum absolute atomic E-state index is 4.75. The molecule has 3 aromatic heterocycles. The highest BCUT2D eigenvalue weighted by Gasteiger charge is 2.17. The number of hydrogen-bond donors (Lipinski definition) is 0. The summed E-state index contributed by atoms with van der Waals surface area (Å²) in [6.07, 6.45) is 6.95. The lowest BCUT2D eigenvalue weighted by Crippen LogP contribution is -2.03. The molecule has 27 heavy (non-hydrogen) atoms. The van der Waals surface area contributed by atoms with Gasteiger partial charge in [-0.1, -0.05) is 30.3 Å². The van der Waals surface area contributed by atoms with Crippen molar-refractivity contribution < 1.29 is 0 Å². The van der Waals surface area contributed by atoms with Crippen molar-refractivity contribution in [3.05, 3.63) is 65.1 Å². The molecule has 0 amide bonds. The molecular weight excluding hydrogens is 354 g/mol. The topological polar surface area (TPSA) is 48.5 Å². The van der Waals surface area contributed by atoms with Crippen LogP contribution < -0.4 is 0 Å². The third kappa shape index (κ3) is 3.57. The first-order valence-corrected chi connectivity index (χ1v) is 10.1. The second-order valence-corrected chi connectivity index (χ2v) is 7.85. The monoisotopic (exact) mass is 377 g/mol. The van der Waals surface area contributed by atoms with Gasteiger partial charge in [0.25, 0.3) is 0 Å². The summed E-state index contributed by atoms with van der Waals surface area (Å²) in [5.41, 5.74) is 7.38. The van der Waals surface area contributed by atoms with E-state index in [-0.39, 0.29) is 0 Å². The van der Waals surface area contributed by atoms with Crippen molar-refractivity contribution in [2.45, 2.75) is 39.8 Å². The van der Waals surface area contributed by atoms with Crippen molar-refractivity contribution >= 4 is 11.3 Å². The Bertz CT molecular complexity index is 1030. The van der Waals surface area contributed by atoms with E-state index in [0.29, 0.717) is 6.04 Å². The van der Waals surface area contributed by atoms with Gasteiger partial charge in [-0.3, -0.25) is 4.68 Å². The molecule has 0 atom stereocenters. The minimum Gasteiger partial charge on any atom is -0.330 e. The first-order valence-electron chi connectivity index (χ1n) is 9.17. The molecule has 4 rings (SSSR count). The van der Waals surface area contributed by atoms with Gasteiger partial charge >= 0.3 is 0 Å². The van der Waals surface area contributed by atoms with Gasteiger partial charge in [-0.2, -0.15) is 5.10 Å². The van der Waals surface area contributed by atoms with E-state index in [1.807, 2.05) is 28.8 Å². The number of thiazole rings is 1. The summed E-state index contributed by atoms with van der Waals surface area (Å²) in [6, 6.07) is 10.7. The van der Waals surface area contributed by atoms with Crippen LogP contribution >= 0.6 is 11.3 Å². The van der Waals surface area contributed by atoms with Crippen LogP contribution in [0.3, 0.4) is 0 Å². The van der Waals surface area contributed by atoms with Crippen molar-refractivity contribution in [1.29, 1.82) is 0 Å². The van der Waals surface area contributed by atoms with E-state index >= 15 is 0 Å². The number of rotatable bonds is 6. The molecule has 1 aromatic carbocycles. The van der Waals surface area contributed by atoms with E-state index in [9.17, 15) is 0 Å². The molecule has 4 aromatic rings. The fourth-order valence-corrected chi connectivity index (χ4v) is 3.96. The lowest BCUT2D eigenvalue weighted by molar-refractivity contribution is 0.532. The summed E-state index contributed by atoms with van der Waals surface area (Å²) >= 11 is 1.72. The molecule has 6 heteroatoms. The van der Waals surface area contributed by atoms with Crippen molar-refractivity contribution in [1.82, 2.24) is 24.3 Å². The predicted molar refractivity (Wildman–Crippen MR) is 110 cm³/mol. The number of aromatic nitrogens is 5. The molecule has 3 heterocycles. The van der Waals surface area contributed by atoms with Crippen LogP contribution in [0.1, 0.15) is 30.5 Å². The summed E-state index contributed by atoms with van der Waals surface area (Å²) in [4.78, 5) is 10.4. The lowest BCUT2D eigenvalue weighted by atomic mass is 10.1.